The Labute approximate surface area is 130 Å². The minimum absolute atomic E-state index is 0.315. The lowest BCUT2D eigenvalue weighted by Gasteiger charge is -2.31. The molecule has 0 aromatic heterocycles. The Hall–Kier alpha value is -1.88. The number of halogens is 2. The molecule has 21 heavy (non-hydrogen) atoms. The van der Waals surface area contributed by atoms with Crippen molar-refractivity contribution in [2.24, 2.45) is 0 Å². The van der Waals surface area contributed by atoms with Crippen LogP contribution in [0, 0.1) is 5.82 Å². The third-order valence-corrected chi connectivity index (χ3v) is 4.15. The molecule has 0 bridgehead atoms. The molecule has 0 fully saturated rings. The van der Waals surface area contributed by atoms with Crippen molar-refractivity contribution < 1.29 is 14.3 Å². The van der Waals surface area contributed by atoms with Crippen LogP contribution in [-0.2, 0) is 10.3 Å². The second-order valence-electron chi connectivity index (χ2n) is 4.68. The average Bonchev–Trinajstić information content (AvgIpc) is 2.47. The van der Waals surface area contributed by atoms with Gasteiger partial charge in [0.1, 0.15) is 5.82 Å². The molecule has 0 aliphatic heterocycles. The molecule has 1 unspecified atom stereocenters. The molecule has 0 saturated heterocycles. The van der Waals surface area contributed by atoms with E-state index in [0.717, 1.165) is 4.47 Å². The first kappa shape index (κ1) is 15.5. The summed E-state index contributed by atoms with van der Waals surface area (Å²) in [5.41, 5.74) is -0.127. The van der Waals surface area contributed by atoms with Gasteiger partial charge in [0.2, 0.25) is 0 Å². The minimum Gasteiger partial charge on any atom is -0.479 e. The van der Waals surface area contributed by atoms with Gasteiger partial charge in [0.15, 0.2) is 5.54 Å². The Balaban J connectivity index is 2.50. The number of para-hydroxylation sites is 1. The van der Waals surface area contributed by atoms with Crippen LogP contribution in [-0.4, -0.2) is 11.1 Å². The lowest BCUT2D eigenvalue weighted by Crippen LogP contribution is -2.43. The van der Waals surface area contributed by atoms with E-state index < -0.39 is 17.3 Å². The molecule has 3 nitrogen and oxygen atoms in total. The lowest BCUT2D eigenvalue weighted by atomic mass is 9.87. The van der Waals surface area contributed by atoms with E-state index in [4.69, 9.17) is 0 Å². The second kappa shape index (κ2) is 6.26. The second-order valence-corrected chi connectivity index (χ2v) is 5.53. The highest BCUT2D eigenvalue weighted by atomic mass is 79.9. The molecule has 0 saturated carbocycles. The van der Waals surface area contributed by atoms with E-state index >= 15 is 0 Å². The third-order valence-electron chi connectivity index (χ3n) is 3.45. The van der Waals surface area contributed by atoms with Crippen LogP contribution >= 0.6 is 15.9 Å². The van der Waals surface area contributed by atoms with Gasteiger partial charge < -0.3 is 10.4 Å². The summed E-state index contributed by atoms with van der Waals surface area (Å²) in [5, 5.41) is 12.8. The average molecular weight is 352 g/mol. The number of carboxylic acids is 1. The Bertz CT molecular complexity index is 645. The van der Waals surface area contributed by atoms with Gasteiger partial charge >= 0.3 is 5.97 Å². The van der Waals surface area contributed by atoms with E-state index in [9.17, 15) is 14.3 Å². The fourth-order valence-corrected chi connectivity index (χ4v) is 2.60. The molecular weight excluding hydrogens is 337 g/mol. The van der Waals surface area contributed by atoms with Gasteiger partial charge in [-0.05, 0) is 52.2 Å². The van der Waals surface area contributed by atoms with Crippen LogP contribution in [0.1, 0.15) is 18.9 Å². The van der Waals surface area contributed by atoms with Crippen molar-refractivity contribution in [3.8, 4) is 0 Å². The van der Waals surface area contributed by atoms with Crippen LogP contribution in [0.4, 0.5) is 10.1 Å². The van der Waals surface area contributed by atoms with Gasteiger partial charge in [-0.3, -0.25) is 0 Å². The van der Waals surface area contributed by atoms with Crippen molar-refractivity contribution in [1.29, 1.82) is 0 Å². The van der Waals surface area contributed by atoms with E-state index in [0.29, 0.717) is 17.7 Å². The van der Waals surface area contributed by atoms with Gasteiger partial charge in [0.05, 0.1) is 0 Å². The first-order valence-electron chi connectivity index (χ1n) is 6.52. The van der Waals surface area contributed by atoms with Crippen LogP contribution in [0.25, 0.3) is 0 Å². The van der Waals surface area contributed by atoms with Crippen molar-refractivity contribution >= 4 is 27.6 Å². The van der Waals surface area contributed by atoms with Gasteiger partial charge in [0.25, 0.3) is 0 Å². The molecule has 0 radical (unpaired) electrons. The summed E-state index contributed by atoms with van der Waals surface area (Å²) < 4.78 is 13.9. The molecule has 0 heterocycles. The molecule has 2 aromatic rings. The van der Waals surface area contributed by atoms with E-state index in [1.54, 1.807) is 13.0 Å². The molecule has 1 atom stereocenters. The molecule has 0 spiro atoms. The molecule has 0 aliphatic carbocycles. The molecular formula is C16H15BrFNO2. The Morgan fingerprint density at radius 2 is 1.86 bits per heavy atom. The number of hydrogen-bond donors (Lipinski definition) is 2. The Kier molecular flexibility index (Phi) is 4.63. The number of hydrogen-bond acceptors (Lipinski definition) is 2. The van der Waals surface area contributed by atoms with Gasteiger partial charge in [-0.2, -0.15) is 0 Å². The van der Waals surface area contributed by atoms with Crippen LogP contribution in [0.15, 0.2) is 53.0 Å². The number of carbonyl (C=O) groups is 1. The molecule has 5 heteroatoms. The normalized spacial score (nSPS) is 13.5. The first-order chi connectivity index (χ1) is 9.99. The highest BCUT2D eigenvalue weighted by Gasteiger charge is 2.39. The van der Waals surface area contributed by atoms with Gasteiger partial charge in [-0.15, -0.1) is 0 Å². The molecule has 110 valence electrons. The zero-order chi connectivity index (χ0) is 15.5. The maximum absolute atomic E-state index is 13.1. The first-order valence-corrected chi connectivity index (χ1v) is 7.31. The Morgan fingerprint density at radius 3 is 2.38 bits per heavy atom. The highest BCUT2D eigenvalue weighted by molar-refractivity contribution is 9.10. The summed E-state index contributed by atoms with van der Waals surface area (Å²) in [5.74, 6) is -1.40. The van der Waals surface area contributed by atoms with Gasteiger partial charge in [-0.1, -0.05) is 31.2 Å². The SMILES string of the molecule is CCC(Nc1ccccc1Br)(C(=O)O)c1ccc(F)cc1. The monoisotopic (exact) mass is 351 g/mol. The summed E-state index contributed by atoms with van der Waals surface area (Å²) in [4.78, 5) is 11.9. The minimum atomic E-state index is -1.31. The van der Waals surface area contributed by atoms with E-state index in [2.05, 4.69) is 21.2 Å². The molecule has 0 aliphatic rings. The van der Waals surface area contributed by atoms with Crippen LogP contribution in [0.5, 0.6) is 0 Å². The smallest absolute Gasteiger partial charge is 0.334 e. The zero-order valence-corrected chi connectivity index (χ0v) is 13.0. The number of carboxylic acid groups (broad SMARTS) is 1. The molecule has 2 rings (SSSR count). The summed E-state index contributed by atoms with van der Waals surface area (Å²) in [6, 6.07) is 12.8. The van der Waals surface area contributed by atoms with Crippen molar-refractivity contribution in [3.05, 3.63) is 64.4 Å². The van der Waals surface area contributed by atoms with Gasteiger partial charge in [0, 0.05) is 10.2 Å². The summed E-state index contributed by atoms with van der Waals surface area (Å²) in [6.07, 6.45) is 0.315. The van der Waals surface area contributed by atoms with Crippen molar-refractivity contribution in [2.75, 3.05) is 5.32 Å². The molecule has 0 amide bonds. The topological polar surface area (TPSA) is 49.3 Å². The number of rotatable bonds is 5. The summed E-state index contributed by atoms with van der Waals surface area (Å²) in [6.45, 7) is 1.78. The number of aliphatic carboxylic acids is 1. The van der Waals surface area contributed by atoms with Crippen molar-refractivity contribution in [1.82, 2.24) is 0 Å². The zero-order valence-electron chi connectivity index (χ0n) is 11.4. The number of nitrogens with one attached hydrogen (secondary N) is 1. The number of anilines is 1. The van der Waals surface area contributed by atoms with Crippen molar-refractivity contribution in [2.45, 2.75) is 18.9 Å². The fourth-order valence-electron chi connectivity index (χ4n) is 2.22. The largest absolute Gasteiger partial charge is 0.479 e. The number of benzene rings is 2. The maximum Gasteiger partial charge on any atom is 0.334 e. The quantitative estimate of drug-likeness (QED) is 0.839. The van der Waals surface area contributed by atoms with Crippen molar-refractivity contribution in [3.63, 3.8) is 0 Å². The highest BCUT2D eigenvalue weighted by Crippen LogP contribution is 2.33. The van der Waals surface area contributed by atoms with Gasteiger partial charge in [-0.25, -0.2) is 9.18 Å². The fraction of sp³-hybridized carbons (Fsp3) is 0.188. The lowest BCUT2D eigenvalue weighted by molar-refractivity contribution is -0.142. The van der Waals surface area contributed by atoms with Crippen LogP contribution in [0.3, 0.4) is 0 Å². The third kappa shape index (κ3) is 3.08. The Morgan fingerprint density at radius 1 is 1.24 bits per heavy atom. The van der Waals surface area contributed by atoms with Crippen LogP contribution < -0.4 is 5.32 Å². The molecule has 2 N–H and O–H groups in total. The predicted octanol–water partition coefficient (Wildman–Crippen LogP) is 4.39. The standard InChI is InChI=1S/C16H15BrFNO2/c1-2-16(15(20)21,11-7-9-12(18)10-8-11)19-14-6-4-3-5-13(14)17/h3-10,19H,2H2,1H3,(H,20,21). The summed E-state index contributed by atoms with van der Waals surface area (Å²) >= 11 is 3.40. The molecule has 2 aromatic carbocycles. The van der Waals surface area contributed by atoms with E-state index in [1.165, 1.54) is 24.3 Å². The van der Waals surface area contributed by atoms with E-state index in [-0.39, 0.29) is 0 Å². The predicted molar refractivity (Wildman–Crippen MR) is 83.8 cm³/mol. The maximum atomic E-state index is 13.1. The van der Waals surface area contributed by atoms with Crippen LogP contribution in [0.2, 0.25) is 0 Å². The summed E-state index contributed by atoms with van der Waals surface area (Å²) in [7, 11) is 0. The van der Waals surface area contributed by atoms with E-state index in [1.807, 2.05) is 18.2 Å².